The van der Waals surface area contributed by atoms with Crippen molar-refractivity contribution < 1.29 is 14.3 Å². The van der Waals surface area contributed by atoms with Crippen molar-refractivity contribution in [2.45, 2.75) is 39.7 Å². The summed E-state index contributed by atoms with van der Waals surface area (Å²) in [5.74, 6) is -0.831. The molecule has 5 heteroatoms. The first-order valence-corrected chi connectivity index (χ1v) is 6.67. The predicted molar refractivity (Wildman–Crippen MR) is 77.7 cm³/mol. The minimum atomic E-state index is -0.831. The van der Waals surface area contributed by atoms with Crippen LogP contribution in [0, 0.1) is 5.41 Å². The van der Waals surface area contributed by atoms with E-state index in [4.69, 9.17) is 9.52 Å². The van der Waals surface area contributed by atoms with Crippen molar-refractivity contribution in [1.82, 2.24) is 4.98 Å². The van der Waals surface area contributed by atoms with Gasteiger partial charge in [-0.1, -0.05) is 32.9 Å². The van der Waals surface area contributed by atoms with Gasteiger partial charge in [0.2, 0.25) is 0 Å². The molecular formula is C15H20N2O3. The summed E-state index contributed by atoms with van der Waals surface area (Å²) in [6.07, 6.45) is 0.758. The number of carboxylic acid groups (broad SMARTS) is 1. The summed E-state index contributed by atoms with van der Waals surface area (Å²) in [4.78, 5) is 15.3. The lowest BCUT2D eigenvalue weighted by atomic mass is 9.87. The molecule has 1 aromatic heterocycles. The van der Waals surface area contributed by atoms with Gasteiger partial charge in [-0.3, -0.25) is 4.79 Å². The molecule has 0 aliphatic carbocycles. The second kappa shape index (κ2) is 5.53. The summed E-state index contributed by atoms with van der Waals surface area (Å²) in [6, 6.07) is 7.63. The fourth-order valence-electron chi connectivity index (χ4n) is 2.23. The second-order valence-corrected chi connectivity index (χ2v) is 6.19. The molecule has 0 saturated heterocycles. The Hall–Kier alpha value is -2.04. The SMILES string of the molecule is CC(C)(C)CC(CC(=O)O)Nc1nc2ccccc2o1. The Morgan fingerprint density at radius 3 is 2.70 bits per heavy atom. The molecule has 1 aromatic carbocycles. The lowest BCUT2D eigenvalue weighted by Crippen LogP contribution is -2.28. The van der Waals surface area contributed by atoms with Crippen molar-refractivity contribution in [3.63, 3.8) is 0 Å². The Morgan fingerprint density at radius 1 is 1.40 bits per heavy atom. The fraction of sp³-hybridized carbons (Fsp3) is 0.467. The van der Waals surface area contributed by atoms with E-state index in [0.717, 1.165) is 11.9 Å². The molecule has 2 aromatic rings. The highest BCUT2D eigenvalue weighted by Crippen LogP contribution is 2.25. The molecule has 0 amide bonds. The third kappa shape index (κ3) is 3.98. The van der Waals surface area contributed by atoms with Crippen LogP contribution in [0.5, 0.6) is 0 Å². The molecule has 0 saturated carbocycles. The van der Waals surface area contributed by atoms with Gasteiger partial charge in [-0.25, -0.2) is 0 Å². The number of benzene rings is 1. The topological polar surface area (TPSA) is 75.4 Å². The van der Waals surface area contributed by atoms with E-state index in [9.17, 15) is 4.79 Å². The fourth-order valence-corrected chi connectivity index (χ4v) is 2.23. The Morgan fingerprint density at radius 2 is 2.10 bits per heavy atom. The number of nitrogens with one attached hydrogen (secondary N) is 1. The molecule has 20 heavy (non-hydrogen) atoms. The van der Waals surface area contributed by atoms with E-state index in [1.165, 1.54) is 0 Å². The molecule has 0 fully saturated rings. The monoisotopic (exact) mass is 276 g/mol. The van der Waals surface area contributed by atoms with Gasteiger partial charge in [-0.05, 0) is 24.0 Å². The van der Waals surface area contributed by atoms with Crippen LogP contribution in [-0.2, 0) is 4.79 Å². The number of oxazole rings is 1. The highest BCUT2D eigenvalue weighted by Gasteiger charge is 2.22. The molecule has 0 radical (unpaired) electrons. The van der Waals surface area contributed by atoms with Crippen LogP contribution in [0.15, 0.2) is 28.7 Å². The first kappa shape index (κ1) is 14.4. The standard InChI is InChI=1S/C15H20N2O3/c1-15(2,3)9-10(8-13(18)19)16-14-17-11-6-4-5-7-12(11)20-14/h4-7,10H,8-9H2,1-3H3,(H,16,17)(H,18,19). The third-order valence-electron chi connectivity index (χ3n) is 2.90. The maximum atomic E-state index is 11.0. The van der Waals surface area contributed by atoms with Crippen LogP contribution in [0.25, 0.3) is 11.1 Å². The van der Waals surface area contributed by atoms with Crippen molar-refractivity contribution >= 4 is 23.1 Å². The summed E-state index contributed by atoms with van der Waals surface area (Å²) >= 11 is 0. The summed E-state index contributed by atoms with van der Waals surface area (Å²) in [7, 11) is 0. The molecule has 1 heterocycles. The molecule has 0 aliphatic rings. The van der Waals surface area contributed by atoms with E-state index in [1.54, 1.807) is 0 Å². The van der Waals surface area contributed by atoms with Gasteiger partial charge in [-0.15, -0.1) is 0 Å². The summed E-state index contributed by atoms with van der Waals surface area (Å²) < 4.78 is 5.58. The Bertz CT molecular complexity index is 565. The average Bonchev–Trinajstić information content (AvgIpc) is 2.67. The molecule has 1 unspecified atom stereocenters. The van der Waals surface area contributed by atoms with Crippen molar-refractivity contribution in [3.8, 4) is 0 Å². The zero-order chi connectivity index (χ0) is 14.8. The molecule has 0 spiro atoms. The lowest BCUT2D eigenvalue weighted by molar-refractivity contribution is -0.137. The Kier molecular flexibility index (Phi) is 3.97. The summed E-state index contributed by atoms with van der Waals surface area (Å²) in [5, 5.41) is 12.1. The zero-order valence-electron chi connectivity index (χ0n) is 12.0. The minimum Gasteiger partial charge on any atom is -0.481 e. The van der Waals surface area contributed by atoms with Gasteiger partial charge >= 0.3 is 5.97 Å². The van der Waals surface area contributed by atoms with E-state index in [2.05, 4.69) is 31.1 Å². The van der Waals surface area contributed by atoms with Crippen LogP contribution in [0.1, 0.15) is 33.6 Å². The molecule has 2 rings (SSSR count). The number of nitrogens with zero attached hydrogens (tertiary/aromatic N) is 1. The number of carboxylic acids is 1. The third-order valence-corrected chi connectivity index (χ3v) is 2.90. The number of fused-ring (bicyclic) bond motifs is 1. The van der Waals surface area contributed by atoms with Gasteiger partial charge in [0.05, 0.1) is 6.42 Å². The van der Waals surface area contributed by atoms with Crippen molar-refractivity contribution in [1.29, 1.82) is 0 Å². The first-order valence-electron chi connectivity index (χ1n) is 6.67. The van der Waals surface area contributed by atoms with Gasteiger partial charge in [0, 0.05) is 6.04 Å². The van der Waals surface area contributed by atoms with Crippen LogP contribution in [-0.4, -0.2) is 22.1 Å². The van der Waals surface area contributed by atoms with Gasteiger partial charge < -0.3 is 14.8 Å². The molecule has 1 atom stereocenters. The average molecular weight is 276 g/mol. The van der Waals surface area contributed by atoms with E-state index < -0.39 is 5.97 Å². The number of aromatic nitrogens is 1. The molecule has 2 N–H and O–H groups in total. The predicted octanol–water partition coefficient (Wildman–Crippen LogP) is 3.52. The second-order valence-electron chi connectivity index (χ2n) is 6.19. The molecular weight excluding hydrogens is 256 g/mol. The van der Waals surface area contributed by atoms with Crippen molar-refractivity contribution in [2.75, 3.05) is 5.32 Å². The number of aliphatic carboxylic acids is 1. The summed E-state index contributed by atoms with van der Waals surface area (Å²) in [6.45, 7) is 6.24. The summed E-state index contributed by atoms with van der Waals surface area (Å²) in [5.41, 5.74) is 1.48. The molecule has 0 aliphatic heterocycles. The zero-order valence-corrected chi connectivity index (χ0v) is 12.0. The molecule has 0 bridgehead atoms. The van der Waals surface area contributed by atoms with Crippen molar-refractivity contribution in [2.24, 2.45) is 5.41 Å². The first-order chi connectivity index (χ1) is 9.33. The number of rotatable bonds is 5. The normalized spacial score (nSPS) is 13.3. The molecule has 5 nitrogen and oxygen atoms in total. The van der Waals surface area contributed by atoms with E-state index in [1.807, 2.05) is 24.3 Å². The highest BCUT2D eigenvalue weighted by atomic mass is 16.4. The Balaban J connectivity index is 2.15. The van der Waals surface area contributed by atoms with Gasteiger partial charge in [0.25, 0.3) is 6.01 Å². The van der Waals surface area contributed by atoms with Crippen LogP contribution in [0.4, 0.5) is 6.01 Å². The van der Waals surface area contributed by atoms with Crippen LogP contribution in [0.3, 0.4) is 0 Å². The quantitative estimate of drug-likeness (QED) is 0.873. The highest BCUT2D eigenvalue weighted by molar-refractivity contribution is 5.74. The minimum absolute atomic E-state index is 0.0269. The maximum Gasteiger partial charge on any atom is 0.305 e. The Labute approximate surface area is 118 Å². The smallest absolute Gasteiger partial charge is 0.305 e. The number of para-hydroxylation sites is 2. The van der Waals surface area contributed by atoms with Crippen molar-refractivity contribution in [3.05, 3.63) is 24.3 Å². The van der Waals surface area contributed by atoms with Crippen LogP contribution < -0.4 is 5.32 Å². The number of anilines is 1. The van der Waals surface area contributed by atoms with E-state index in [0.29, 0.717) is 11.6 Å². The number of hydrogen-bond donors (Lipinski definition) is 2. The van der Waals surface area contributed by atoms with E-state index in [-0.39, 0.29) is 17.9 Å². The maximum absolute atomic E-state index is 11.0. The van der Waals surface area contributed by atoms with Gasteiger partial charge in [0.1, 0.15) is 5.52 Å². The number of hydrogen-bond acceptors (Lipinski definition) is 4. The van der Waals surface area contributed by atoms with Crippen LogP contribution >= 0.6 is 0 Å². The van der Waals surface area contributed by atoms with Gasteiger partial charge in [-0.2, -0.15) is 4.98 Å². The van der Waals surface area contributed by atoms with Crippen LogP contribution in [0.2, 0.25) is 0 Å². The number of carbonyl (C=O) groups is 1. The van der Waals surface area contributed by atoms with E-state index >= 15 is 0 Å². The molecule has 108 valence electrons. The van der Waals surface area contributed by atoms with Gasteiger partial charge in [0.15, 0.2) is 5.58 Å². The lowest BCUT2D eigenvalue weighted by Gasteiger charge is -2.25. The largest absolute Gasteiger partial charge is 0.481 e.